The summed E-state index contributed by atoms with van der Waals surface area (Å²) in [6, 6.07) is 0.438. The molecular weight excluding hydrogens is 158 g/mol. The molecule has 0 aliphatic heterocycles. The minimum atomic E-state index is 0.438. The normalized spacial score (nSPS) is 12.8. The second kappa shape index (κ2) is 9.79. The van der Waals surface area contributed by atoms with Crippen LogP contribution in [0, 0.1) is 0 Å². The second-order valence-electron chi connectivity index (χ2n) is 3.80. The molecule has 0 aromatic heterocycles. The van der Waals surface area contributed by atoms with Crippen molar-refractivity contribution in [3.05, 3.63) is 12.7 Å². The summed E-state index contributed by atoms with van der Waals surface area (Å²) in [4.78, 5) is 0. The molecule has 0 aromatic carbocycles. The highest BCUT2D eigenvalue weighted by Gasteiger charge is 1.97. The van der Waals surface area contributed by atoms with Gasteiger partial charge in [0.15, 0.2) is 0 Å². The zero-order valence-electron chi connectivity index (χ0n) is 9.10. The molecule has 0 saturated carbocycles. The van der Waals surface area contributed by atoms with E-state index >= 15 is 0 Å². The van der Waals surface area contributed by atoms with Gasteiger partial charge in [-0.05, 0) is 25.7 Å². The summed E-state index contributed by atoms with van der Waals surface area (Å²) in [6.07, 6.45) is 12.2. The quantitative estimate of drug-likeness (QED) is 0.428. The highest BCUT2D eigenvalue weighted by Crippen LogP contribution is 2.09. The van der Waals surface area contributed by atoms with Crippen LogP contribution in [0.15, 0.2) is 12.7 Å². The van der Waals surface area contributed by atoms with Crippen molar-refractivity contribution in [2.75, 3.05) is 0 Å². The Morgan fingerprint density at radius 1 is 1.15 bits per heavy atom. The summed E-state index contributed by atoms with van der Waals surface area (Å²) in [6.45, 7) is 5.87. The maximum absolute atomic E-state index is 5.82. The maximum atomic E-state index is 5.82. The van der Waals surface area contributed by atoms with E-state index in [1.165, 1.54) is 44.9 Å². The molecule has 13 heavy (non-hydrogen) atoms. The van der Waals surface area contributed by atoms with E-state index in [-0.39, 0.29) is 0 Å². The lowest BCUT2D eigenvalue weighted by Gasteiger charge is -2.07. The number of rotatable bonds is 9. The topological polar surface area (TPSA) is 26.0 Å². The van der Waals surface area contributed by atoms with Gasteiger partial charge in [0.1, 0.15) is 0 Å². The van der Waals surface area contributed by atoms with E-state index in [4.69, 9.17) is 5.73 Å². The standard InChI is InChI=1S/C12H25N/c1-3-5-6-7-8-9-10-11-12(13)4-2/h3,12H,1,4-11,13H2,2H3. The molecule has 0 heterocycles. The molecule has 0 fully saturated rings. The molecule has 78 valence electrons. The molecule has 0 aromatic rings. The van der Waals surface area contributed by atoms with Gasteiger partial charge < -0.3 is 5.73 Å². The zero-order chi connectivity index (χ0) is 9.94. The molecule has 1 nitrogen and oxygen atoms in total. The fourth-order valence-corrected chi connectivity index (χ4v) is 1.43. The van der Waals surface area contributed by atoms with Gasteiger partial charge in [0, 0.05) is 6.04 Å². The molecule has 0 aliphatic rings. The summed E-state index contributed by atoms with van der Waals surface area (Å²) in [7, 11) is 0. The van der Waals surface area contributed by atoms with Gasteiger partial charge in [-0.25, -0.2) is 0 Å². The molecule has 0 rings (SSSR count). The van der Waals surface area contributed by atoms with Crippen LogP contribution in [0.3, 0.4) is 0 Å². The van der Waals surface area contributed by atoms with Gasteiger partial charge in [0.2, 0.25) is 0 Å². The average Bonchev–Trinajstić information content (AvgIpc) is 2.16. The van der Waals surface area contributed by atoms with Crippen LogP contribution < -0.4 is 5.73 Å². The van der Waals surface area contributed by atoms with Crippen molar-refractivity contribution >= 4 is 0 Å². The van der Waals surface area contributed by atoms with Gasteiger partial charge in [-0.1, -0.05) is 38.7 Å². The van der Waals surface area contributed by atoms with Crippen molar-refractivity contribution in [1.29, 1.82) is 0 Å². The molecule has 1 atom stereocenters. The summed E-state index contributed by atoms with van der Waals surface area (Å²) in [5.41, 5.74) is 5.82. The molecule has 1 heteroatoms. The smallest absolute Gasteiger partial charge is 0.00362 e. The molecule has 1 unspecified atom stereocenters. The monoisotopic (exact) mass is 183 g/mol. The Labute approximate surface area is 83.4 Å². The molecular formula is C12H25N. The van der Waals surface area contributed by atoms with E-state index in [0.717, 1.165) is 6.42 Å². The molecule has 0 radical (unpaired) electrons. The van der Waals surface area contributed by atoms with Crippen molar-refractivity contribution in [2.45, 2.75) is 64.3 Å². The Bertz CT molecular complexity index is 110. The average molecular weight is 183 g/mol. The summed E-state index contributed by atoms with van der Waals surface area (Å²) >= 11 is 0. The van der Waals surface area contributed by atoms with Crippen LogP contribution in [-0.4, -0.2) is 6.04 Å². The van der Waals surface area contributed by atoms with Gasteiger partial charge in [-0.15, -0.1) is 6.58 Å². The fraction of sp³-hybridized carbons (Fsp3) is 0.833. The number of allylic oxidation sites excluding steroid dienone is 1. The summed E-state index contributed by atoms with van der Waals surface area (Å²) < 4.78 is 0. The molecule has 0 bridgehead atoms. The summed E-state index contributed by atoms with van der Waals surface area (Å²) in [5.74, 6) is 0. The predicted octanol–water partition coefficient (Wildman–Crippen LogP) is 3.64. The Balaban J connectivity index is 2.95. The maximum Gasteiger partial charge on any atom is 0.00362 e. The van der Waals surface area contributed by atoms with Crippen molar-refractivity contribution < 1.29 is 0 Å². The molecule has 0 aliphatic carbocycles. The number of unbranched alkanes of at least 4 members (excludes halogenated alkanes) is 5. The van der Waals surface area contributed by atoms with Crippen LogP contribution in [-0.2, 0) is 0 Å². The Morgan fingerprint density at radius 2 is 1.77 bits per heavy atom. The van der Waals surface area contributed by atoms with Gasteiger partial charge in [-0.2, -0.15) is 0 Å². The van der Waals surface area contributed by atoms with E-state index in [2.05, 4.69) is 13.5 Å². The third-order valence-corrected chi connectivity index (χ3v) is 2.51. The lowest BCUT2D eigenvalue weighted by Crippen LogP contribution is -2.17. The van der Waals surface area contributed by atoms with Crippen LogP contribution in [0.2, 0.25) is 0 Å². The van der Waals surface area contributed by atoms with Crippen LogP contribution in [0.5, 0.6) is 0 Å². The SMILES string of the molecule is C=CCCCCCCCC(N)CC. The van der Waals surface area contributed by atoms with Gasteiger partial charge in [0.25, 0.3) is 0 Å². The van der Waals surface area contributed by atoms with Crippen LogP contribution >= 0.6 is 0 Å². The first-order valence-corrected chi connectivity index (χ1v) is 5.67. The molecule has 0 amide bonds. The first kappa shape index (κ1) is 12.7. The molecule has 0 saturated heterocycles. The number of nitrogens with two attached hydrogens (primary N) is 1. The second-order valence-corrected chi connectivity index (χ2v) is 3.80. The zero-order valence-corrected chi connectivity index (χ0v) is 9.10. The van der Waals surface area contributed by atoms with Crippen LogP contribution in [0.4, 0.5) is 0 Å². The van der Waals surface area contributed by atoms with Gasteiger partial charge in [0.05, 0.1) is 0 Å². The van der Waals surface area contributed by atoms with Crippen molar-refractivity contribution in [2.24, 2.45) is 5.73 Å². The van der Waals surface area contributed by atoms with Crippen LogP contribution in [0.25, 0.3) is 0 Å². The van der Waals surface area contributed by atoms with E-state index in [1.807, 2.05) is 6.08 Å². The summed E-state index contributed by atoms with van der Waals surface area (Å²) in [5, 5.41) is 0. The van der Waals surface area contributed by atoms with E-state index in [1.54, 1.807) is 0 Å². The fourth-order valence-electron chi connectivity index (χ4n) is 1.43. The Morgan fingerprint density at radius 3 is 2.38 bits per heavy atom. The van der Waals surface area contributed by atoms with E-state index < -0.39 is 0 Å². The van der Waals surface area contributed by atoms with Gasteiger partial charge >= 0.3 is 0 Å². The third kappa shape index (κ3) is 9.62. The number of hydrogen-bond donors (Lipinski definition) is 1. The first-order valence-electron chi connectivity index (χ1n) is 5.67. The lowest BCUT2D eigenvalue weighted by atomic mass is 10.0. The predicted molar refractivity (Wildman–Crippen MR) is 60.8 cm³/mol. The van der Waals surface area contributed by atoms with Crippen molar-refractivity contribution in [3.63, 3.8) is 0 Å². The Hall–Kier alpha value is -0.300. The van der Waals surface area contributed by atoms with E-state index in [0.29, 0.717) is 6.04 Å². The van der Waals surface area contributed by atoms with Crippen molar-refractivity contribution in [3.8, 4) is 0 Å². The third-order valence-electron chi connectivity index (χ3n) is 2.51. The van der Waals surface area contributed by atoms with E-state index in [9.17, 15) is 0 Å². The molecule has 2 N–H and O–H groups in total. The molecule has 0 spiro atoms. The minimum absolute atomic E-state index is 0.438. The lowest BCUT2D eigenvalue weighted by molar-refractivity contribution is 0.528. The largest absolute Gasteiger partial charge is 0.328 e. The highest BCUT2D eigenvalue weighted by molar-refractivity contribution is 4.65. The minimum Gasteiger partial charge on any atom is -0.328 e. The first-order chi connectivity index (χ1) is 6.31. The van der Waals surface area contributed by atoms with Crippen molar-refractivity contribution in [1.82, 2.24) is 0 Å². The van der Waals surface area contributed by atoms with Crippen LogP contribution in [0.1, 0.15) is 58.3 Å². The van der Waals surface area contributed by atoms with Gasteiger partial charge in [-0.3, -0.25) is 0 Å². The Kier molecular flexibility index (Phi) is 9.56. The number of hydrogen-bond acceptors (Lipinski definition) is 1. The highest BCUT2D eigenvalue weighted by atomic mass is 14.6.